The van der Waals surface area contributed by atoms with Crippen LogP contribution in [0.3, 0.4) is 0 Å². The molecular formula is C27H26N2O7S. The number of nitrogens with zero attached hydrogens (tertiary/aromatic N) is 2. The van der Waals surface area contributed by atoms with E-state index in [0.29, 0.717) is 50.7 Å². The van der Waals surface area contributed by atoms with Gasteiger partial charge in [-0.2, -0.15) is 0 Å². The summed E-state index contributed by atoms with van der Waals surface area (Å²) >= 11 is 1.23. The number of hydrogen-bond acceptors (Lipinski definition) is 8. The molecule has 0 amide bonds. The van der Waals surface area contributed by atoms with Crippen molar-refractivity contribution in [3.05, 3.63) is 90.6 Å². The summed E-state index contributed by atoms with van der Waals surface area (Å²) in [4.78, 5) is 42.6. The minimum Gasteiger partial charge on any atom is -0.490 e. The normalized spacial score (nSPS) is 15.1. The third-order valence-corrected chi connectivity index (χ3v) is 6.67. The number of aliphatic carboxylic acids is 1. The third-order valence-electron chi connectivity index (χ3n) is 5.68. The monoisotopic (exact) mass is 522 g/mol. The maximum absolute atomic E-state index is 13.7. The van der Waals surface area contributed by atoms with Crippen LogP contribution in [-0.2, 0) is 14.3 Å². The highest BCUT2D eigenvalue weighted by molar-refractivity contribution is 7.07. The van der Waals surface area contributed by atoms with Crippen LogP contribution < -0.4 is 24.4 Å². The highest BCUT2D eigenvalue weighted by Crippen LogP contribution is 2.32. The fourth-order valence-electron chi connectivity index (χ4n) is 4.11. The van der Waals surface area contributed by atoms with Crippen LogP contribution in [0.25, 0.3) is 6.08 Å². The van der Waals surface area contributed by atoms with Crippen LogP contribution in [0, 0.1) is 0 Å². The number of carbonyl (C=O) groups is 2. The van der Waals surface area contributed by atoms with E-state index in [1.165, 1.54) is 23.0 Å². The molecule has 0 radical (unpaired) electrons. The van der Waals surface area contributed by atoms with Crippen LogP contribution in [0.15, 0.2) is 69.6 Å². The van der Waals surface area contributed by atoms with Gasteiger partial charge in [0.1, 0.15) is 0 Å². The fraction of sp³-hybridized carbons (Fsp3) is 0.259. The van der Waals surface area contributed by atoms with Crippen molar-refractivity contribution in [2.24, 2.45) is 4.99 Å². The zero-order chi connectivity index (χ0) is 26.5. The molecule has 10 heteroatoms. The molecule has 2 heterocycles. The SMILES string of the molecule is CCOc1cc(/C=c2\sc3n(c2=O)[C@H](c2ccccc2)C(C(=O)OC)=C(CC)N=3)ccc1OCC(=O)O. The molecule has 0 saturated carbocycles. The lowest BCUT2D eigenvalue weighted by Gasteiger charge is -2.25. The van der Waals surface area contributed by atoms with Gasteiger partial charge in [0.05, 0.1) is 35.6 Å². The van der Waals surface area contributed by atoms with Crippen molar-refractivity contribution in [3.8, 4) is 11.5 Å². The first-order valence-corrected chi connectivity index (χ1v) is 12.5. The standard InChI is InChI=1S/C27H26N2O7S/c1-4-18-23(26(33)34-3)24(17-9-7-6-8-10-17)29-25(32)21(37-27(29)28-18)14-16-11-12-19(36-15-22(30)31)20(13-16)35-5-2/h6-14,24H,4-5,15H2,1-3H3,(H,30,31)/b21-14-/t24-/m1/s1. The van der Waals surface area contributed by atoms with Crippen LogP contribution >= 0.6 is 11.3 Å². The molecule has 3 aromatic rings. The van der Waals surface area contributed by atoms with Crippen molar-refractivity contribution in [2.45, 2.75) is 26.3 Å². The Labute approximate surface area is 216 Å². The number of ether oxygens (including phenoxy) is 3. The lowest BCUT2D eigenvalue weighted by atomic mass is 9.95. The molecule has 1 atom stereocenters. The molecule has 1 aliphatic heterocycles. The quantitative estimate of drug-likeness (QED) is 0.430. The van der Waals surface area contributed by atoms with E-state index in [1.54, 1.807) is 31.2 Å². The second-order valence-corrected chi connectivity index (χ2v) is 9.03. The predicted octanol–water partition coefficient (Wildman–Crippen LogP) is 2.66. The van der Waals surface area contributed by atoms with Crippen LogP contribution in [-0.4, -0.2) is 41.9 Å². The highest BCUT2D eigenvalue weighted by atomic mass is 32.1. The van der Waals surface area contributed by atoms with Gasteiger partial charge in [-0.15, -0.1) is 0 Å². The van der Waals surface area contributed by atoms with Crippen molar-refractivity contribution in [1.82, 2.24) is 4.57 Å². The van der Waals surface area contributed by atoms with E-state index < -0.39 is 24.6 Å². The molecule has 1 aromatic heterocycles. The Balaban J connectivity index is 1.87. The first-order valence-electron chi connectivity index (χ1n) is 11.7. The molecule has 4 rings (SSSR count). The number of hydrogen-bond donors (Lipinski definition) is 1. The number of rotatable bonds is 9. The summed E-state index contributed by atoms with van der Waals surface area (Å²) in [6.07, 6.45) is 2.21. The molecule has 37 heavy (non-hydrogen) atoms. The fourth-order valence-corrected chi connectivity index (χ4v) is 5.13. The lowest BCUT2D eigenvalue weighted by molar-refractivity contribution is -0.139. The van der Waals surface area contributed by atoms with Crippen molar-refractivity contribution < 1.29 is 28.9 Å². The van der Waals surface area contributed by atoms with Gasteiger partial charge < -0.3 is 19.3 Å². The molecule has 0 unspecified atom stereocenters. The van der Waals surface area contributed by atoms with E-state index in [9.17, 15) is 14.4 Å². The maximum atomic E-state index is 13.7. The topological polar surface area (TPSA) is 116 Å². The number of carboxylic acids is 1. The van der Waals surface area contributed by atoms with Gasteiger partial charge in [-0.1, -0.05) is 54.7 Å². The molecule has 0 bridgehead atoms. The average Bonchev–Trinajstić information content (AvgIpc) is 3.21. The Bertz CT molecular complexity index is 1540. The van der Waals surface area contributed by atoms with Crippen molar-refractivity contribution in [2.75, 3.05) is 20.3 Å². The van der Waals surface area contributed by atoms with Crippen LogP contribution in [0.5, 0.6) is 11.5 Å². The Morgan fingerprint density at radius 1 is 1.11 bits per heavy atom. The largest absolute Gasteiger partial charge is 0.490 e. The van der Waals surface area contributed by atoms with Gasteiger partial charge >= 0.3 is 11.9 Å². The number of thiazole rings is 1. The molecule has 0 fully saturated rings. The molecule has 2 aromatic carbocycles. The van der Waals surface area contributed by atoms with E-state index in [4.69, 9.17) is 19.3 Å². The number of carbonyl (C=O) groups excluding carboxylic acids is 1. The second-order valence-electron chi connectivity index (χ2n) is 8.02. The van der Waals surface area contributed by atoms with E-state index in [-0.39, 0.29) is 5.56 Å². The minimum atomic E-state index is -1.10. The molecule has 1 aliphatic rings. The van der Waals surface area contributed by atoms with Crippen LogP contribution in [0.1, 0.15) is 37.4 Å². The number of esters is 1. The zero-order valence-electron chi connectivity index (χ0n) is 20.6. The number of aromatic nitrogens is 1. The molecule has 9 nitrogen and oxygen atoms in total. The first-order chi connectivity index (χ1) is 17.9. The summed E-state index contributed by atoms with van der Waals surface area (Å²) < 4.78 is 18.0. The average molecular weight is 523 g/mol. The molecule has 0 spiro atoms. The Hall–Kier alpha value is -4.18. The number of benzene rings is 2. The van der Waals surface area contributed by atoms with Gasteiger partial charge in [0, 0.05) is 0 Å². The lowest BCUT2D eigenvalue weighted by Crippen LogP contribution is -2.40. The van der Waals surface area contributed by atoms with Crippen LogP contribution in [0.4, 0.5) is 0 Å². The van der Waals surface area contributed by atoms with Gasteiger partial charge in [-0.05, 0) is 42.7 Å². The van der Waals surface area contributed by atoms with E-state index in [2.05, 4.69) is 4.99 Å². The smallest absolute Gasteiger partial charge is 0.341 e. The zero-order valence-corrected chi connectivity index (χ0v) is 21.4. The Kier molecular flexibility index (Phi) is 7.88. The number of fused-ring (bicyclic) bond motifs is 1. The Morgan fingerprint density at radius 2 is 1.86 bits per heavy atom. The van der Waals surface area contributed by atoms with Gasteiger partial charge in [-0.25, -0.2) is 14.6 Å². The van der Waals surface area contributed by atoms with E-state index in [0.717, 1.165) is 5.56 Å². The molecule has 1 N–H and O–H groups in total. The number of methoxy groups -OCH3 is 1. The minimum absolute atomic E-state index is 0.293. The van der Waals surface area contributed by atoms with Gasteiger partial charge in [0.25, 0.3) is 5.56 Å². The third kappa shape index (κ3) is 5.34. The Morgan fingerprint density at radius 3 is 2.51 bits per heavy atom. The molecule has 192 valence electrons. The summed E-state index contributed by atoms with van der Waals surface area (Å²) in [7, 11) is 1.32. The summed E-state index contributed by atoms with van der Waals surface area (Å²) in [6.45, 7) is 3.56. The van der Waals surface area contributed by atoms with E-state index in [1.807, 2.05) is 37.3 Å². The predicted molar refractivity (Wildman–Crippen MR) is 138 cm³/mol. The van der Waals surface area contributed by atoms with Crippen LogP contribution in [0.2, 0.25) is 0 Å². The van der Waals surface area contributed by atoms with Gasteiger partial charge in [-0.3, -0.25) is 9.36 Å². The summed E-state index contributed by atoms with van der Waals surface area (Å²) in [5, 5.41) is 8.92. The number of allylic oxidation sites excluding steroid dienone is 1. The summed E-state index contributed by atoms with van der Waals surface area (Å²) in [5.41, 5.74) is 2.06. The number of carboxylic acid groups (broad SMARTS) is 1. The van der Waals surface area contributed by atoms with Crippen molar-refractivity contribution >= 4 is 29.4 Å². The van der Waals surface area contributed by atoms with Crippen molar-refractivity contribution in [3.63, 3.8) is 0 Å². The molecule has 0 saturated heterocycles. The van der Waals surface area contributed by atoms with Gasteiger partial charge in [0.2, 0.25) is 0 Å². The molecule has 0 aliphatic carbocycles. The first kappa shape index (κ1) is 25.9. The second kappa shape index (κ2) is 11.3. The van der Waals surface area contributed by atoms with E-state index >= 15 is 0 Å². The summed E-state index contributed by atoms with van der Waals surface area (Å²) in [6, 6.07) is 13.6. The maximum Gasteiger partial charge on any atom is 0.341 e. The highest BCUT2D eigenvalue weighted by Gasteiger charge is 2.33. The molecular weight excluding hydrogens is 496 g/mol. The summed E-state index contributed by atoms with van der Waals surface area (Å²) in [5.74, 6) is -0.962. The van der Waals surface area contributed by atoms with Gasteiger partial charge in [0.15, 0.2) is 22.9 Å². The van der Waals surface area contributed by atoms with Crippen molar-refractivity contribution in [1.29, 1.82) is 0 Å².